The van der Waals surface area contributed by atoms with Gasteiger partial charge in [-0.2, -0.15) is 5.10 Å². The van der Waals surface area contributed by atoms with E-state index in [0.717, 1.165) is 48.1 Å². The Morgan fingerprint density at radius 3 is 2.53 bits per heavy atom. The average molecular weight is 432 g/mol. The van der Waals surface area contributed by atoms with E-state index in [1.165, 1.54) is 10.2 Å². The summed E-state index contributed by atoms with van der Waals surface area (Å²) in [4.78, 5) is 27.8. The molecule has 1 aromatic heterocycles. The summed E-state index contributed by atoms with van der Waals surface area (Å²) in [6.45, 7) is 5.64. The summed E-state index contributed by atoms with van der Waals surface area (Å²) in [5.74, 6) is 2.76. The van der Waals surface area contributed by atoms with E-state index >= 15 is 0 Å². The van der Waals surface area contributed by atoms with Crippen molar-refractivity contribution in [1.82, 2.24) is 19.2 Å². The quantitative estimate of drug-likeness (QED) is 0.585. The number of hydrogen-bond donors (Lipinski definition) is 0. The molecule has 0 spiro atoms. The van der Waals surface area contributed by atoms with Crippen molar-refractivity contribution in [2.75, 3.05) is 19.9 Å². The van der Waals surface area contributed by atoms with E-state index in [4.69, 9.17) is 9.47 Å². The fraction of sp³-hybridized carbons (Fsp3) is 0.375. The van der Waals surface area contributed by atoms with Gasteiger partial charge in [0.25, 0.3) is 0 Å². The van der Waals surface area contributed by atoms with Crippen LogP contribution in [-0.2, 0) is 19.6 Å². The number of hydrogen-bond acceptors (Lipinski definition) is 6. The van der Waals surface area contributed by atoms with Crippen LogP contribution >= 0.6 is 0 Å². The van der Waals surface area contributed by atoms with Crippen molar-refractivity contribution in [3.05, 3.63) is 85.7 Å². The van der Waals surface area contributed by atoms with Crippen LogP contribution < -0.4 is 20.6 Å². The zero-order chi connectivity index (χ0) is 21.8. The van der Waals surface area contributed by atoms with E-state index in [2.05, 4.69) is 16.1 Å². The number of fused-ring (bicyclic) bond motifs is 4. The molecule has 8 nitrogen and oxygen atoms in total. The Kier molecular flexibility index (Phi) is 4.43. The third kappa shape index (κ3) is 3.22. The minimum Gasteiger partial charge on any atom is -0.454 e. The highest BCUT2D eigenvalue weighted by molar-refractivity contribution is 5.44. The number of benzene rings is 2. The first-order valence-electron chi connectivity index (χ1n) is 10.9. The molecule has 3 aliphatic heterocycles. The number of aryl methyl sites for hydroxylation is 1. The van der Waals surface area contributed by atoms with Crippen LogP contribution in [0.4, 0.5) is 0 Å². The third-order valence-electron chi connectivity index (χ3n) is 6.72. The van der Waals surface area contributed by atoms with Crippen molar-refractivity contribution >= 4 is 0 Å². The van der Waals surface area contributed by atoms with Gasteiger partial charge in [-0.15, -0.1) is 0 Å². The minimum absolute atomic E-state index is 0.154. The van der Waals surface area contributed by atoms with Crippen molar-refractivity contribution in [3.63, 3.8) is 0 Å². The van der Waals surface area contributed by atoms with E-state index < -0.39 is 11.1 Å². The molecule has 32 heavy (non-hydrogen) atoms. The van der Waals surface area contributed by atoms with Crippen LogP contribution in [0, 0.1) is 12.8 Å². The topological polar surface area (TPSA) is 78.6 Å². The zero-order valence-electron chi connectivity index (χ0n) is 17.9. The molecule has 2 aromatic carbocycles. The van der Waals surface area contributed by atoms with Crippen molar-refractivity contribution in [3.8, 4) is 11.5 Å². The van der Waals surface area contributed by atoms with Gasteiger partial charge >= 0.3 is 11.1 Å². The minimum atomic E-state index is -0.550. The second kappa shape index (κ2) is 7.34. The van der Waals surface area contributed by atoms with E-state index in [1.54, 1.807) is 4.57 Å². The van der Waals surface area contributed by atoms with Crippen molar-refractivity contribution < 1.29 is 9.47 Å². The fourth-order valence-electron chi connectivity index (χ4n) is 5.08. The standard InChI is InChI=1S/C24H24N4O4/c1-15-2-4-16(5-3-15)10-28-24(30)23(29)27-12-18-11-26(13-19(18)22(27)25-28)9-17-6-7-20-21(8-17)32-14-31-20/h2-8,18-19H,9-14H2,1H3. The molecule has 0 saturated carbocycles. The maximum absolute atomic E-state index is 12.8. The number of likely N-dealkylation sites (tertiary alicyclic amines) is 1. The van der Waals surface area contributed by atoms with E-state index in [-0.39, 0.29) is 12.7 Å². The average Bonchev–Trinajstić information content (AvgIpc) is 3.48. The van der Waals surface area contributed by atoms with Crippen LogP contribution in [-0.4, -0.2) is 39.1 Å². The molecule has 1 saturated heterocycles. The van der Waals surface area contributed by atoms with Gasteiger partial charge in [0.15, 0.2) is 11.5 Å². The summed E-state index contributed by atoms with van der Waals surface area (Å²) in [6, 6.07) is 14.0. The largest absolute Gasteiger partial charge is 0.454 e. The summed E-state index contributed by atoms with van der Waals surface area (Å²) in [5.41, 5.74) is 2.27. The monoisotopic (exact) mass is 432 g/mol. The van der Waals surface area contributed by atoms with Gasteiger partial charge in [-0.3, -0.25) is 19.1 Å². The highest BCUT2D eigenvalue weighted by Gasteiger charge is 2.42. The highest BCUT2D eigenvalue weighted by Crippen LogP contribution is 2.38. The number of nitrogens with zero attached hydrogens (tertiary/aromatic N) is 4. The van der Waals surface area contributed by atoms with Gasteiger partial charge in [-0.05, 0) is 30.2 Å². The Labute approximate surface area is 184 Å². The lowest BCUT2D eigenvalue weighted by molar-refractivity contribution is 0.174. The van der Waals surface area contributed by atoms with E-state index in [9.17, 15) is 9.59 Å². The molecular formula is C24H24N4O4. The molecule has 6 rings (SSSR count). The molecule has 2 unspecified atom stereocenters. The van der Waals surface area contributed by atoms with Crippen molar-refractivity contribution in [1.29, 1.82) is 0 Å². The molecule has 1 fully saturated rings. The lowest BCUT2D eigenvalue weighted by atomic mass is 10.00. The SMILES string of the molecule is Cc1ccc(Cn2nc3n(c(=O)c2=O)CC2CN(Cc4ccc5c(c4)OCO5)CC32)cc1. The molecule has 0 radical (unpaired) electrons. The van der Waals surface area contributed by atoms with Gasteiger partial charge in [0.2, 0.25) is 6.79 Å². The molecule has 2 atom stereocenters. The number of rotatable bonds is 4. The predicted octanol–water partition coefficient (Wildman–Crippen LogP) is 1.72. The van der Waals surface area contributed by atoms with Gasteiger partial charge in [0.05, 0.1) is 6.54 Å². The van der Waals surface area contributed by atoms with Crippen LogP contribution in [0.3, 0.4) is 0 Å². The first-order chi connectivity index (χ1) is 15.5. The maximum Gasteiger partial charge on any atom is 0.332 e. The highest BCUT2D eigenvalue weighted by atomic mass is 16.7. The van der Waals surface area contributed by atoms with Gasteiger partial charge in [-0.25, -0.2) is 4.68 Å². The normalized spacial score (nSPS) is 21.0. The molecule has 3 aliphatic rings. The lowest BCUT2D eigenvalue weighted by Gasteiger charge is -2.18. The van der Waals surface area contributed by atoms with Crippen LogP contribution in [0.25, 0.3) is 0 Å². The lowest BCUT2D eigenvalue weighted by Crippen LogP contribution is -2.44. The Balaban J connectivity index is 1.24. The van der Waals surface area contributed by atoms with Gasteiger partial charge in [-0.1, -0.05) is 35.9 Å². The van der Waals surface area contributed by atoms with Crippen LogP contribution in [0.2, 0.25) is 0 Å². The predicted molar refractivity (Wildman–Crippen MR) is 117 cm³/mol. The number of aromatic nitrogens is 3. The van der Waals surface area contributed by atoms with Crippen LogP contribution in [0.15, 0.2) is 52.1 Å². The Hall–Kier alpha value is -3.39. The molecule has 0 amide bonds. The summed E-state index contributed by atoms with van der Waals surface area (Å²) in [7, 11) is 0. The molecule has 0 bridgehead atoms. The molecule has 0 aliphatic carbocycles. The summed E-state index contributed by atoms with van der Waals surface area (Å²) in [5, 5.41) is 4.67. The van der Waals surface area contributed by atoms with Crippen molar-refractivity contribution in [2.24, 2.45) is 5.92 Å². The second-order valence-electron chi connectivity index (χ2n) is 8.97. The molecular weight excluding hydrogens is 408 g/mol. The van der Waals surface area contributed by atoms with Crippen LogP contribution in [0.1, 0.15) is 28.4 Å². The Morgan fingerprint density at radius 2 is 1.69 bits per heavy atom. The van der Waals surface area contributed by atoms with E-state index in [1.807, 2.05) is 43.3 Å². The summed E-state index contributed by atoms with van der Waals surface area (Å²) >= 11 is 0. The smallest absolute Gasteiger partial charge is 0.332 e. The molecule has 8 heteroatoms. The van der Waals surface area contributed by atoms with Gasteiger partial charge < -0.3 is 9.47 Å². The first-order valence-corrected chi connectivity index (χ1v) is 10.9. The molecule has 0 N–H and O–H groups in total. The van der Waals surface area contributed by atoms with Crippen LogP contribution in [0.5, 0.6) is 11.5 Å². The van der Waals surface area contributed by atoms with Gasteiger partial charge in [0, 0.05) is 38.0 Å². The number of ether oxygens (including phenoxy) is 2. The third-order valence-corrected chi connectivity index (χ3v) is 6.72. The molecule has 4 heterocycles. The van der Waals surface area contributed by atoms with Crippen molar-refractivity contribution in [2.45, 2.75) is 32.5 Å². The first kappa shape index (κ1) is 19.3. The Bertz CT molecular complexity index is 1310. The molecule has 164 valence electrons. The zero-order valence-corrected chi connectivity index (χ0v) is 17.9. The summed E-state index contributed by atoms with van der Waals surface area (Å²) < 4.78 is 13.8. The van der Waals surface area contributed by atoms with Gasteiger partial charge in [0.1, 0.15) is 5.82 Å². The maximum atomic E-state index is 12.8. The summed E-state index contributed by atoms with van der Waals surface area (Å²) in [6.07, 6.45) is 0. The Morgan fingerprint density at radius 1 is 0.906 bits per heavy atom. The fourth-order valence-corrected chi connectivity index (χ4v) is 5.08. The van der Waals surface area contributed by atoms with E-state index in [0.29, 0.717) is 19.0 Å². The molecule has 3 aromatic rings. The second-order valence-corrected chi connectivity index (χ2v) is 8.97.